The SMILES string of the molecule is COc1cc2ncnc(Nc3ccccc3C(F)(F)F)c2cc1OCC(=O)Nc1ccc(C(F)(F)F)cc1. The second-order valence-electron chi connectivity index (χ2n) is 7.82. The summed E-state index contributed by atoms with van der Waals surface area (Å²) in [6, 6.07) is 11.6. The second kappa shape index (κ2) is 10.4. The monoisotopic (exact) mass is 536 g/mol. The van der Waals surface area contributed by atoms with Crippen molar-refractivity contribution >= 4 is 34.0 Å². The minimum atomic E-state index is -4.61. The van der Waals surface area contributed by atoms with Gasteiger partial charge >= 0.3 is 12.4 Å². The average molecular weight is 536 g/mol. The molecule has 0 unspecified atom stereocenters. The number of ether oxygens (including phenoxy) is 2. The summed E-state index contributed by atoms with van der Waals surface area (Å²) in [7, 11) is 1.34. The summed E-state index contributed by atoms with van der Waals surface area (Å²) < 4.78 is 89.3. The molecule has 2 N–H and O–H groups in total. The number of para-hydroxylation sites is 1. The van der Waals surface area contributed by atoms with Crippen LogP contribution in [0, 0.1) is 0 Å². The van der Waals surface area contributed by atoms with E-state index in [4.69, 9.17) is 9.47 Å². The molecule has 13 heteroatoms. The maximum Gasteiger partial charge on any atom is 0.418 e. The second-order valence-corrected chi connectivity index (χ2v) is 7.82. The Morgan fingerprint density at radius 3 is 2.26 bits per heavy atom. The minimum absolute atomic E-state index is 0.0495. The number of anilines is 3. The third-order valence-corrected chi connectivity index (χ3v) is 5.26. The van der Waals surface area contributed by atoms with Crippen LogP contribution in [0.2, 0.25) is 0 Å². The van der Waals surface area contributed by atoms with Crippen LogP contribution in [-0.4, -0.2) is 29.6 Å². The Balaban J connectivity index is 1.55. The standard InChI is InChI=1S/C25H18F6N4O3/c1-37-20-11-19-16(23(33-13-32-19)35-18-5-3-2-4-17(18)25(29,30)31)10-21(20)38-12-22(36)34-15-8-6-14(7-9-15)24(26,27)28/h2-11,13H,12H2,1H3,(H,34,36)(H,32,33,35). The van der Waals surface area contributed by atoms with Gasteiger partial charge in [-0.25, -0.2) is 9.97 Å². The van der Waals surface area contributed by atoms with Crippen molar-refractivity contribution in [1.82, 2.24) is 9.97 Å². The van der Waals surface area contributed by atoms with E-state index in [1.807, 2.05) is 0 Å². The highest BCUT2D eigenvalue weighted by Crippen LogP contribution is 2.38. The van der Waals surface area contributed by atoms with E-state index in [1.165, 1.54) is 43.8 Å². The van der Waals surface area contributed by atoms with Gasteiger partial charge in [-0.15, -0.1) is 0 Å². The Bertz CT molecular complexity index is 1460. The number of hydrogen-bond acceptors (Lipinski definition) is 6. The number of methoxy groups -OCH3 is 1. The van der Waals surface area contributed by atoms with Crippen LogP contribution in [0.4, 0.5) is 43.5 Å². The Hall–Kier alpha value is -4.55. The third kappa shape index (κ3) is 6.05. The number of aromatic nitrogens is 2. The molecular formula is C25H18F6N4O3. The van der Waals surface area contributed by atoms with Crippen molar-refractivity contribution in [3.63, 3.8) is 0 Å². The van der Waals surface area contributed by atoms with Crippen LogP contribution in [0.15, 0.2) is 67.0 Å². The van der Waals surface area contributed by atoms with E-state index < -0.39 is 36.0 Å². The van der Waals surface area contributed by atoms with Gasteiger partial charge in [-0.05, 0) is 42.5 Å². The number of benzene rings is 3. The lowest BCUT2D eigenvalue weighted by Crippen LogP contribution is -2.20. The lowest BCUT2D eigenvalue weighted by molar-refractivity contribution is -0.138. The van der Waals surface area contributed by atoms with Gasteiger partial charge < -0.3 is 20.1 Å². The van der Waals surface area contributed by atoms with Gasteiger partial charge in [-0.3, -0.25) is 4.79 Å². The summed E-state index contributed by atoms with van der Waals surface area (Å²) in [5.74, 6) is -0.383. The van der Waals surface area contributed by atoms with E-state index in [-0.39, 0.29) is 34.1 Å². The number of fused-ring (bicyclic) bond motifs is 1. The maximum absolute atomic E-state index is 13.4. The lowest BCUT2D eigenvalue weighted by Gasteiger charge is -2.16. The van der Waals surface area contributed by atoms with Gasteiger partial charge in [0.2, 0.25) is 0 Å². The van der Waals surface area contributed by atoms with Gasteiger partial charge in [-0.1, -0.05) is 12.1 Å². The normalized spacial score (nSPS) is 11.8. The van der Waals surface area contributed by atoms with Crippen LogP contribution in [0.1, 0.15) is 11.1 Å². The Kier molecular flexibility index (Phi) is 7.28. The third-order valence-electron chi connectivity index (χ3n) is 5.26. The molecule has 0 fully saturated rings. The number of alkyl halides is 6. The lowest BCUT2D eigenvalue weighted by atomic mass is 10.1. The highest BCUT2D eigenvalue weighted by Gasteiger charge is 2.33. The molecule has 38 heavy (non-hydrogen) atoms. The van der Waals surface area contributed by atoms with E-state index >= 15 is 0 Å². The smallest absolute Gasteiger partial charge is 0.418 e. The molecule has 0 aliphatic heterocycles. The van der Waals surface area contributed by atoms with Crippen LogP contribution >= 0.6 is 0 Å². The Morgan fingerprint density at radius 1 is 0.895 bits per heavy atom. The Labute approximate surface area is 211 Å². The van der Waals surface area contributed by atoms with Crippen molar-refractivity contribution < 1.29 is 40.6 Å². The van der Waals surface area contributed by atoms with Gasteiger partial charge in [0.25, 0.3) is 5.91 Å². The summed E-state index contributed by atoms with van der Waals surface area (Å²) in [5.41, 5.74) is -1.53. The largest absolute Gasteiger partial charge is 0.493 e. The molecule has 0 atom stereocenters. The molecule has 0 bridgehead atoms. The molecule has 0 saturated heterocycles. The molecule has 0 spiro atoms. The molecular weight excluding hydrogens is 518 g/mol. The summed E-state index contributed by atoms with van der Waals surface area (Å²) in [5, 5.41) is 5.37. The molecule has 3 aromatic carbocycles. The van der Waals surface area contributed by atoms with E-state index in [0.29, 0.717) is 5.52 Å². The van der Waals surface area contributed by atoms with Crippen LogP contribution in [-0.2, 0) is 17.1 Å². The predicted octanol–water partition coefficient (Wildman–Crippen LogP) is 6.44. The molecule has 198 valence electrons. The number of rotatable bonds is 7. The molecule has 0 aliphatic carbocycles. The van der Waals surface area contributed by atoms with E-state index in [0.717, 1.165) is 30.3 Å². The van der Waals surface area contributed by atoms with Crippen molar-refractivity contribution in [2.24, 2.45) is 0 Å². The fraction of sp³-hybridized carbons (Fsp3) is 0.160. The van der Waals surface area contributed by atoms with E-state index in [2.05, 4.69) is 20.6 Å². The quantitative estimate of drug-likeness (QED) is 0.265. The molecule has 7 nitrogen and oxygen atoms in total. The summed E-state index contributed by atoms with van der Waals surface area (Å²) >= 11 is 0. The maximum atomic E-state index is 13.4. The summed E-state index contributed by atoms with van der Waals surface area (Å²) in [4.78, 5) is 20.5. The minimum Gasteiger partial charge on any atom is -0.493 e. The number of nitrogens with one attached hydrogen (secondary N) is 2. The molecule has 0 saturated carbocycles. The first kappa shape index (κ1) is 26.5. The van der Waals surface area contributed by atoms with Crippen LogP contribution in [0.25, 0.3) is 10.9 Å². The summed E-state index contributed by atoms with van der Waals surface area (Å²) in [6.07, 6.45) is -7.95. The fourth-order valence-corrected chi connectivity index (χ4v) is 3.49. The Morgan fingerprint density at radius 2 is 1.61 bits per heavy atom. The van der Waals surface area contributed by atoms with Crippen molar-refractivity contribution in [2.45, 2.75) is 12.4 Å². The first-order valence-electron chi connectivity index (χ1n) is 10.8. The topological polar surface area (TPSA) is 85.4 Å². The van der Waals surface area contributed by atoms with E-state index in [1.54, 1.807) is 0 Å². The van der Waals surface area contributed by atoms with Crippen LogP contribution in [0.5, 0.6) is 11.5 Å². The van der Waals surface area contributed by atoms with Gasteiger partial charge in [0.15, 0.2) is 18.1 Å². The van der Waals surface area contributed by atoms with E-state index in [9.17, 15) is 31.1 Å². The zero-order valence-electron chi connectivity index (χ0n) is 19.4. The average Bonchev–Trinajstić information content (AvgIpc) is 2.86. The highest BCUT2D eigenvalue weighted by atomic mass is 19.4. The summed E-state index contributed by atoms with van der Waals surface area (Å²) in [6.45, 7) is -0.545. The number of amides is 1. The molecule has 0 radical (unpaired) electrons. The van der Waals surface area contributed by atoms with Crippen molar-refractivity contribution in [2.75, 3.05) is 24.4 Å². The molecule has 4 rings (SSSR count). The zero-order chi connectivity index (χ0) is 27.5. The predicted molar refractivity (Wildman–Crippen MR) is 126 cm³/mol. The molecule has 0 aliphatic rings. The van der Waals surface area contributed by atoms with Gasteiger partial charge in [-0.2, -0.15) is 26.3 Å². The van der Waals surface area contributed by atoms with Gasteiger partial charge in [0, 0.05) is 17.1 Å². The zero-order valence-corrected chi connectivity index (χ0v) is 19.4. The fourth-order valence-electron chi connectivity index (χ4n) is 3.49. The number of hydrogen-bond donors (Lipinski definition) is 2. The van der Waals surface area contributed by atoms with Gasteiger partial charge in [0.1, 0.15) is 12.1 Å². The van der Waals surface area contributed by atoms with Crippen LogP contribution in [0.3, 0.4) is 0 Å². The van der Waals surface area contributed by atoms with Crippen molar-refractivity contribution in [3.05, 3.63) is 78.1 Å². The molecule has 1 amide bonds. The van der Waals surface area contributed by atoms with Crippen molar-refractivity contribution in [1.29, 1.82) is 0 Å². The number of carbonyl (C=O) groups is 1. The van der Waals surface area contributed by atoms with Crippen molar-refractivity contribution in [3.8, 4) is 11.5 Å². The first-order chi connectivity index (χ1) is 18.0. The number of nitrogens with zero attached hydrogens (tertiary/aromatic N) is 2. The number of halogens is 6. The first-order valence-corrected chi connectivity index (χ1v) is 10.8. The molecule has 4 aromatic rings. The number of carbonyl (C=O) groups excluding carboxylic acids is 1. The molecule has 1 heterocycles. The van der Waals surface area contributed by atoms with Crippen LogP contribution < -0.4 is 20.1 Å². The molecule has 1 aromatic heterocycles. The highest BCUT2D eigenvalue weighted by molar-refractivity contribution is 5.94. The van der Waals surface area contributed by atoms with Gasteiger partial charge in [0.05, 0.1) is 29.4 Å².